The van der Waals surface area contributed by atoms with E-state index in [1.54, 1.807) is 12.1 Å². The number of benzene rings is 3. The standard InChI is InChI=1S/C27H30O4/c1-3-26(30,4-2)15-19-11-13-23(18-8-6-5-7-9-18)25-24(19)27(25,31)22-12-10-20(16-28)21(14-22)17-29/h5-14,28-31H,3-4,15-17H2,1-2H3. The summed E-state index contributed by atoms with van der Waals surface area (Å²) in [5, 5.41) is 42.2. The highest BCUT2D eigenvalue weighted by Crippen LogP contribution is 2.59. The molecule has 0 bridgehead atoms. The molecular formula is C27H30O4. The van der Waals surface area contributed by atoms with Crippen LogP contribution in [0.2, 0.25) is 0 Å². The van der Waals surface area contributed by atoms with Crippen LogP contribution in [0.1, 0.15) is 60.1 Å². The molecule has 0 fully saturated rings. The minimum absolute atomic E-state index is 0.165. The van der Waals surface area contributed by atoms with Gasteiger partial charge in [0.05, 0.1) is 18.8 Å². The Morgan fingerprint density at radius 1 is 0.774 bits per heavy atom. The fraction of sp³-hybridized carbons (Fsp3) is 0.333. The third kappa shape index (κ3) is 3.60. The van der Waals surface area contributed by atoms with Gasteiger partial charge in [0.1, 0.15) is 5.60 Å². The summed E-state index contributed by atoms with van der Waals surface area (Å²) in [5.74, 6) is 0. The van der Waals surface area contributed by atoms with Crippen molar-refractivity contribution >= 4 is 0 Å². The van der Waals surface area contributed by atoms with Gasteiger partial charge in [0.2, 0.25) is 0 Å². The monoisotopic (exact) mass is 418 g/mol. The molecule has 1 atom stereocenters. The van der Waals surface area contributed by atoms with E-state index < -0.39 is 11.2 Å². The van der Waals surface area contributed by atoms with Gasteiger partial charge in [-0.3, -0.25) is 0 Å². The van der Waals surface area contributed by atoms with Gasteiger partial charge in [-0.25, -0.2) is 0 Å². The zero-order valence-corrected chi connectivity index (χ0v) is 18.1. The molecule has 0 saturated carbocycles. The molecule has 0 aromatic heterocycles. The van der Waals surface area contributed by atoms with Crippen molar-refractivity contribution in [1.29, 1.82) is 0 Å². The van der Waals surface area contributed by atoms with E-state index in [9.17, 15) is 20.4 Å². The number of aliphatic hydroxyl groups is 4. The van der Waals surface area contributed by atoms with E-state index in [-0.39, 0.29) is 13.2 Å². The summed E-state index contributed by atoms with van der Waals surface area (Å²) in [6.45, 7) is 3.59. The average Bonchev–Trinajstić information content (AvgIpc) is 3.46. The third-order valence-corrected chi connectivity index (χ3v) is 6.84. The fourth-order valence-electron chi connectivity index (χ4n) is 4.65. The highest BCUT2D eigenvalue weighted by Gasteiger charge is 2.54. The van der Waals surface area contributed by atoms with Gasteiger partial charge in [0.15, 0.2) is 0 Å². The molecule has 4 N–H and O–H groups in total. The molecule has 0 spiro atoms. The van der Waals surface area contributed by atoms with Crippen molar-refractivity contribution in [2.75, 3.05) is 0 Å². The van der Waals surface area contributed by atoms with Crippen LogP contribution in [0.25, 0.3) is 11.1 Å². The lowest BCUT2D eigenvalue weighted by Gasteiger charge is -2.25. The van der Waals surface area contributed by atoms with Crippen molar-refractivity contribution in [3.8, 4) is 11.1 Å². The van der Waals surface area contributed by atoms with Gasteiger partial charge in [-0.15, -0.1) is 0 Å². The topological polar surface area (TPSA) is 80.9 Å². The van der Waals surface area contributed by atoms with Gasteiger partial charge in [-0.05, 0) is 52.3 Å². The number of hydrogen-bond acceptors (Lipinski definition) is 4. The van der Waals surface area contributed by atoms with E-state index >= 15 is 0 Å². The summed E-state index contributed by atoms with van der Waals surface area (Å²) in [7, 11) is 0. The highest BCUT2D eigenvalue weighted by atomic mass is 16.3. The van der Waals surface area contributed by atoms with Crippen molar-refractivity contribution in [2.24, 2.45) is 0 Å². The minimum atomic E-state index is -1.27. The summed E-state index contributed by atoms with van der Waals surface area (Å²) < 4.78 is 0. The molecule has 1 aliphatic rings. The van der Waals surface area contributed by atoms with Gasteiger partial charge >= 0.3 is 0 Å². The van der Waals surface area contributed by atoms with Crippen LogP contribution in [0.4, 0.5) is 0 Å². The largest absolute Gasteiger partial charge is 0.392 e. The minimum Gasteiger partial charge on any atom is -0.392 e. The van der Waals surface area contributed by atoms with E-state index in [0.717, 1.165) is 27.8 Å². The van der Waals surface area contributed by atoms with Crippen molar-refractivity contribution in [2.45, 2.75) is 57.5 Å². The summed E-state index contributed by atoms with van der Waals surface area (Å²) in [6, 6.07) is 19.4. The molecule has 4 rings (SSSR count). The van der Waals surface area contributed by atoms with Crippen molar-refractivity contribution in [3.05, 3.63) is 94.0 Å². The van der Waals surface area contributed by atoms with Crippen LogP contribution in [0, 0.1) is 0 Å². The highest BCUT2D eigenvalue weighted by molar-refractivity contribution is 5.83. The molecule has 3 aromatic rings. The Balaban J connectivity index is 1.87. The first-order valence-electron chi connectivity index (χ1n) is 10.9. The molecular weight excluding hydrogens is 388 g/mol. The Hall–Kier alpha value is -2.50. The molecule has 162 valence electrons. The smallest absolute Gasteiger partial charge is 0.142 e. The molecule has 1 unspecified atom stereocenters. The van der Waals surface area contributed by atoms with Crippen LogP contribution in [-0.4, -0.2) is 26.0 Å². The maximum Gasteiger partial charge on any atom is 0.142 e. The van der Waals surface area contributed by atoms with Crippen LogP contribution >= 0.6 is 0 Å². The normalized spacial score (nSPS) is 17.5. The molecule has 1 aliphatic carbocycles. The second-order valence-corrected chi connectivity index (χ2v) is 8.51. The second-order valence-electron chi connectivity index (χ2n) is 8.51. The summed E-state index contributed by atoms with van der Waals surface area (Å²) in [5.41, 5.74) is 4.47. The molecule has 0 saturated heterocycles. The van der Waals surface area contributed by atoms with Gasteiger partial charge in [-0.1, -0.05) is 68.4 Å². The SMILES string of the molecule is CCC(O)(CC)Cc1ccc(-c2ccccc2)c2c1C2(O)c1ccc(CO)c(CO)c1. The van der Waals surface area contributed by atoms with Crippen LogP contribution in [0.5, 0.6) is 0 Å². The molecule has 0 heterocycles. The van der Waals surface area contributed by atoms with Gasteiger partial charge in [-0.2, -0.15) is 0 Å². The Morgan fingerprint density at radius 3 is 2.03 bits per heavy atom. The number of fused-ring (bicyclic) bond motifs is 1. The maximum atomic E-state index is 11.9. The Morgan fingerprint density at radius 2 is 1.42 bits per heavy atom. The molecule has 4 heteroatoms. The lowest BCUT2D eigenvalue weighted by atomic mass is 9.88. The Bertz CT molecular complexity index is 1090. The quantitative estimate of drug-likeness (QED) is 0.445. The van der Waals surface area contributed by atoms with Crippen molar-refractivity contribution in [1.82, 2.24) is 0 Å². The number of hydrogen-bond donors (Lipinski definition) is 4. The molecule has 0 radical (unpaired) electrons. The first kappa shape index (κ1) is 21.7. The first-order chi connectivity index (χ1) is 14.9. The molecule has 4 nitrogen and oxygen atoms in total. The van der Waals surface area contributed by atoms with Gasteiger partial charge in [0.25, 0.3) is 0 Å². The lowest BCUT2D eigenvalue weighted by molar-refractivity contribution is 0.0323. The third-order valence-electron chi connectivity index (χ3n) is 6.84. The zero-order valence-electron chi connectivity index (χ0n) is 18.1. The zero-order chi connectivity index (χ0) is 22.2. The van der Waals surface area contributed by atoms with E-state index in [4.69, 9.17) is 0 Å². The van der Waals surface area contributed by atoms with Gasteiger partial charge in [0, 0.05) is 17.5 Å². The fourth-order valence-corrected chi connectivity index (χ4v) is 4.65. The maximum absolute atomic E-state index is 11.9. The van der Waals surface area contributed by atoms with Crippen LogP contribution in [0.3, 0.4) is 0 Å². The van der Waals surface area contributed by atoms with Crippen LogP contribution in [-0.2, 0) is 25.2 Å². The molecule has 3 aromatic carbocycles. The van der Waals surface area contributed by atoms with Crippen molar-refractivity contribution in [3.63, 3.8) is 0 Å². The second kappa shape index (κ2) is 8.21. The predicted octanol–water partition coefficient (Wildman–Crippen LogP) is 4.03. The van der Waals surface area contributed by atoms with E-state index in [0.29, 0.717) is 36.0 Å². The number of aliphatic hydroxyl groups excluding tert-OH is 2. The summed E-state index contributed by atoms with van der Waals surface area (Å²) >= 11 is 0. The summed E-state index contributed by atoms with van der Waals surface area (Å²) in [4.78, 5) is 0. The molecule has 31 heavy (non-hydrogen) atoms. The van der Waals surface area contributed by atoms with Crippen LogP contribution < -0.4 is 0 Å². The van der Waals surface area contributed by atoms with Gasteiger partial charge < -0.3 is 20.4 Å². The lowest BCUT2D eigenvalue weighted by Crippen LogP contribution is -2.29. The predicted molar refractivity (Wildman–Crippen MR) is 122 cm³/mol. The van der Waals surface area contributed by atoms with E-state index in [1.165, 1.54) is 0 Å². The first-order valence-corrected chi connectivity index (χ1v) is 10.9. The van der Waals surface area contributed by atoms with E-state index in [2.05, 4.69) is 0 Å². The molecule has 0 aliphatic heterocycles. The Labute approximate surface area is 183 Å². The summed E-state index contributed by atoms with van der Waals surface area (Å²) in [6.07, 6.45) is 1.75. The molecule has 0 amide bonds. The van der Waals surface area contributed by atoms with Crippen molar-refractivity contribution < 1.29 is 20.4 Å². The Kier molecular flexibility index (Phi) is 5.75. The van der Waals surface area contributed by atoms with E-state index in [1.807, 2.05) is 62.4 Å². The van der Waals surface area contributed by atoms with Crippen LogP contribution in [0.15, 0.2) is 60.7 Å². The number of rotatable bonds is 8. The average molecular weight is 419 g/mol.